The topological polar surface area (TPSA) is 51.8 Å². The average Bonchev–Trinajstić information content (AvgIpc) is 2.88. The smallest absolute Gasteiger partial charge is 0.0803 e. The Kier molecular flexibility index (Phi) is 4.67. The highest BCUT2D eigenvalue weighted by molar-refractivity contribution is 9.10. The van der Waals surface area contributed by atoms with Crippen LogP contribution in [0.5, 0.6) is 0 Å². The number of aryl methyl sites for hydroxylation is 1. The fraction of sp³-hybridized carbons (Fsp3) is 0.455. The third-order valence-corrected chi connectivity index (χ3v) is 5.07. The minimum Gasteiger partial charge on any atom is -0.323 e. The Bertz CT molecular complexity index is 481. The standard InChI is InChI=1S/C11H14BrN3S2/c1-2-3-10-11(17-15-14-10)9(13)5-8-4-7(12)6-16-8/h4,6,9H,2-3,5,13H2,1H3. The summed E-state index contributed by atoms with van der Waals surface area (Å²) in [6, 6.07) is 2.14. The summed E-state index contributed by atoms with van der Waals surface area (Å²) in [6.07, 6.45) is 2.90. The van der Waals surface area contributed by atoms with Gasteiger partial charge >= 0.3 is 0 Å². The van der Waals surface area contributed by atoms with Crippen molar-refractivity contribution < 1.29 is 0 Å². The van der Waals surface area contributed by atoms with Crippen molar-refractivity contribution in [3.05, 3.63) is 31.4 Å². The van der Waals surface area contributed by atoms with Gasteiger partial charge in [-0.05, 0) is 39.9 Å². The van der Waals surface area contributed by atoms with Gasteiger partial charge in [0.15, 0.2) is 0 Å². The monoisotopic (exact) mass is 331 g/mol. The van der Waals surface area contributed by atoms with Gasteiger partial charge in [-0.3, -0.25) is 0 Å². The first-order chi connectivity index (χ1) is 8.20. The lowest BCUT2D eigenvalue weighted by molar-refractivity contribution is 0.721. The molecule has 17 heavy (non-hydrogen) atoms. The molecule has 0 saturated heterocycles. The lowest BCUT2D eigenvalue weighted by Crippen LogP contribution is -2.13. The number of nitrogens with zero attached hydrogens (tertiary/aromatic N) is 2. The maximum absolute atomic E-state index is 6.23. The Morgan fingerprint density at radius 1 is 1.53 bits per heavy atom. The van der Waals surface area contributed by atoms with Crippen molar-refractivity contribution in [3.8, 4) is 0 Å². The summed E-state index contributed by atoms with van der Waals surface area (Å²) in [7, 11) is 0. The van der Waals surface area contributed by atoms with Gasteiger partial charge in [0.1, 0.15) is 0 Å². The van der Waals surface area contributed by atoms with Crippen LogP contribution in [0.15, 0.2) is 15.9 Å². The van der Waals surface area contributed by atoms with Gasteiger partial charge in [0, 0.05) is 27.2 Å². The lowest BCUT2D eigenvalue weighted by atomic mass is 10.1. The molecule has 0 aromatic carbocycles. The first kappa shape index (κ1) is 13.1. The van der Waals surface area contributed by atoms with E-state index in [0.29, 0.717) is 0 Å². The van der Waals surface area contributed by atoms with E-state index < -0.39 is 0 Å². The van der Waals surface area contributed by atoms with Crippen LogP contribution in [0.3, 0.4) is 0 Å². The summed E-state index contributed by atoms with van der Waals surface area (Å²) in [4.78, 5) is 2.43. The Labute approximate surface area is 117 Å². The van der Waals surface area contributed by atoms with Crippen LogP contribution in [0.25, 0.3) is 0 Å². The molecule has 0 amide bonds. The van der Waals surface area contributed by atoms with Gasteiger partial charge in [-0.1, -0.05) is 17.8 Å². The maximum Gasteiger partial charge on any atom is 0.0803 e. The summed E-state index contributed by atoms with van der Waals surface area (Å²) < 4.78 is 5.14. The van der Waals surface area contributed by atoms with Gasteiger partial charge < -0.3 is 5.73 Å². The quantitative estimate of drug-likeness (QED) is 0.911. The Morgan fingerprint density at radius 2 is 2.35 bits per heavy atom. The third kappa shape index (κ3) is 3.34. The molecule has 0 aliphatic carbocycles. The van der Waals surface area contributed by atoms with Crippen molar-refractivity contribution in [2.75, 3.05) is 0 Å². The minimum absolute atomic E-state index is 0.0158. The van der Waals surface area contributed by atoms with Gasteiger partial charge in [-0.15, -0.1) is 16.4 Å². The number of hydrogen-bond donors (Lipinski definition) is 1. The van der Waals surface area contributed by atoms with Crippen LogP contribution in [0.4, 0.5) is 0 Å². The van der Waals surface area contributed by atoms with E-state index in [4.69, 9.17) is 5.73 Å². The number of aromatic nitrogens is 2. The van der Waals surface area contributed by atoms with Crippen LogP contribution in [0.1, 0.15) is 34.8 Å². The number of thiophene rings is 1. The summed E-state index contributed by atoms with van der Waals surface area (Å²) in [5.74, 6) is 0. The van der Waals surface area contributed by atoms with E-state index in [9.17, 15) is 0 Å². The van der Waals surface area contributed by atoms with Gasteiger partial charge in [0.25, 0.3) is 0 Å². The molecule has 0 saturated carbocycles. The molecule has 2 aromatic rings. The van der Waals surface area contributed by atoms with Crippen molar-refractivity contribution in [1.82, 2.24) is 9.59 Å². The molecule has 2 aromatic heterocycles. The highest BCUT2D eigenvalue weighted by atomic mass is 79.9. The minimum atomic E-state index is 0.0158. The molecular weight excluding hydrogens is 318 g/mol. The second-order valence-electron chi connectivity index (χ2n) is 3.88. The number of nitrogens with two attached hydrogens (primary N) is 1. The van der Waals surface area contributed by atoms with Crippen molar-refractivity contribution in [3.63, 3.8) is 0 Å². The average molecular weight is 332 g/mol. The van der Waals surface area contributed by atoms with E-state index in [1.54, 1.807) is 11.3 Å². The van der Waals surface area contributed by atoms with Gasteiger partial charge in [-0.2, -0.15) is 0 Å². The number of hydrogen-bond acceptors (Lipinski definition) is 5. The zero-order chi connectivity index (χ0) is 12.3. The molecule has 0 bridgehead atoms. The Balaban J connectivity index is 2.08. The summed E-state index contributed by atoms with van der Waals surface area (Å²) >= 11 is 6.62. The maximum atomic E-state index is 6.23. The molecule has 0 spiro atoms. The van der Waals surface area contributed by atoms with Gasteiger partial charge in [0.05, 0.1) is 10.6 Å². The van der Waals surface area contributed by atoms with E-state index >= 15 is 0 Å². The van der Waals surface area contributed by atoms with Crippen molar-refractivity contribution in [2.45, 2.75) is 32.2 Å². The fourth-order valence-electron chi connectivity index (χ4n) is 1.68. The Hall–Kier alpha value is -0.300. The predicted octanol–water partition coefficient (Wildman–Crippen LogP) is 3.56. The van der Waals surface area contributed by atoms with Crippen molar-refractivity contribution in [1.29, 1.82) is 0 Å². The second kappa shape index (κ2) is 6.04. The zero-order valence-electron chi connectivity index (χ0n) is 9.52. The van der Waals surface area contributed by atoms with E-state index in [-0.39, 0.29) is 6.04 Å². The van der Waals surface area contributed by atoms with Crippen molar-refractivity contribution >= 4 is 38.8 Å². The number of halogens is 1. The van der Waals surface area contributed by atoms with E-state index in [1.165, 1.54) is 16.4 Å². The first-order valence-corrected chi connectivity index (χ1v) is 7.95. The molecule has 0 fully saturated rings. The Morgan fingerprint density at radius 3 is 3.00 bits per heavy atom. The molecule has 0 radical (unpaired) electrons. The van der Waals surface area contributed by atoms with E-state index in [1.807, 2.05) is 0 Å². The molecule has 92 valence electrons. The zero-order valence-corrected chi connectivity index (χ0v) is 12.7. The number of rotatable bonds is 5. The SMILES string of the molecule is CCCc1nnsc1C(N)Cc1cc(Br)cs1. The van der Waals surface area contributed by atoms with Crippen molar-refractivity contribution in [2.24, 2.45) is 5.73 Å². The molecule has 0 aliphatic heterocycles. The van der Waals surface area contributed by atoms with Crippen LogP contribution >= 0.6 is 38.8 Å². The largest absolute Gasteiger partial charge is 0.323 e. The van der Waals surface area contributed by atoms with E-state index in [0.717, 1.165) is 34.3 Å². The van der Waals surface area contributed by atoms with Crippen LogP contribution in [-0.2, 0) is 12.8 Å². The molecule has 2 N–H and O–H groups in total. The molecule has 1 atom stereocenters. The van der Waals surface area contributed by atoms with E-state index in [2.05, 4.69) is 43.9 Å². The summed E-state index contributed by atoms with van der Waals surface area (Å²) in [5.41, 5.74) is 7.30. The highest BCUT2D eigenvalue weighted by Gasteiger charge is 2.16. The molecule has 0 aliphatic rings. The third-order valence-electron chi connectivity index (χ3n) is 2.45. The molecule has 1 unspecified atom stereocenters. The van der Waals surface area contributed by atoms with Crippen LogP contribution in [-0.4, -0.2) is 9.59 Å². The van der Waals surface area contributed by atoms with Crippen LogP contribution in [0.2, 0.25) is 0 Å². The van der Waals surface area contributed by atoms with Gasteiger partial charge in [0.2, 0.25) is 0 Å². The molecule has 3 nitrogen and oxygen atoms in total. The molecular formula is C11H14BrN3S2. The molecule has 2 rings (SSSR count). The second-order valence-corrected chi connectivity index (χ2v) is 6.57. The predicted molar refractivity (Wildman–Crippen MR) is 76.6 cm³/mol. The van der Waals surface area contributed by atoms with Crippen LogP contribution < -0.4 is 5.73 Å². The van der Waals surface area contributed by atoms with Gasteiger partial charge in [-0.25, -0.2) is 0 Å². The summed E-state index contributed by atoms with van der Waals surface area (Å²) in [5, 5.41) is 6.24. The highest BCUT2D eigenvalue weighted by Crippen LogP contribution is 2.27. The molecule has 2 heterocycles. The lowest BCUT2D eigenvalue weighted by Gasteiger charge is -2.08. The first-order valence-electron chi connectivity index (χ1n) is 5.50. The fourth-order valence-corrected chi connectivity index (χ4v) is 3.88. The summed E-state index contributed by atoms with van der Waals surface area (Å²) in [6.45, 7) is 2.14. The normalized spacial score (nSPS) is 12.9. The van der Waals surface area contributed by atoms with Crippen LogP contribution in [0, 0.1) is 0 Å². The molecule has 6 heteroatoms.